The van der Waals surface area contributed by atoms with Crippen LogP contribution in [0.2, 0.25) is 0 Å². The van der Waals surface area contributed by atoms with Crippen molar-refractivity contribution >= 4 is 16.1 Å². The topological polar surface area (TPSA) is 130 Å². The smallest absolute Gasteiger partial charge is 0.457 e. The molecule has 0 radical (unpaired) electrons. The van der Waals surface area contributed by atoms with Gasteiger partial charge in [-0.25, -0.2) is 4.79 Å². The van der Waals surface area contributed by atoms with Crippen LogP contribution < -0.4 is 0 Å². The quantitative estimate of drug-likeness (QED) is 0.301. The van der Waals surface area contributed by atoms with Crippen molar-refractivity contribution in [3.8, 4) is 0 Å². The third-order valence-electron chi connectivity index (χ3n) is 6.11. The second kappa shape index (κ2) is 6.74. The summed E-state index contributed by atoms with van der Waals surface area (Å²) in [5.41, 5.74) is -3.78. The molecule has 0 spiro atoms. The number of hydrogen-bond acceptors (Lipinski definition) is 7. The number of esters is 1. The molecule has 168 valence electrons. The summed E-state index contributed by atoms with van der Waals surface area (Å²) in [7, 11) is -6.52. The van der Waals surface area contributed by atoms with Gasteiger partial charge in [0.1, 0.15) is 5.60 Å². The number of aliphatic hydroxyl groups is 2. The van der Waals surface area contributed by atoms with Gasteiger partial charge in [-0.1, -0.05) is 0 Å². The highest BCUT2D eigenvalue weighted by atomic mass is 32.2. The van der Waals surface area contributed by atoms with Crippen molar-refractivity contribution in [3.05, 3.63) is 0 Å². The minimum absolute atomic E-state index is 0.0898. The molecular formula is C16H22F4O8S. The van der Waals surface area contributed by atoms with Crippen molar-refractivity contribution in [2.75, 3.05) is 6.61 Å². The number of carbonyl (C=O) groups is 1. The average Bonchev–Trinajstić information content (AvgIpc) is 2.55. The predicted molar refractivity (Wildman–Crippen MR) is 86.4 cm³/mol. The van der Waals surface area contributed by atoms with Crippen LogP contribution >= 0.6 is 0 Å². The number of rotatable bonds is 7. The van der Waals surface area contributed by atoms with Crippen LogP contribution in [0.1, 0.15) is 39.0 Å². The lowest BCUT2D eigenvalue weighted by molar-refractivity contribution is -0.328. The van der Waals surface area contributed by atoms with Crippen LogP contribution in [0.5, 0.6) is 0 Å². The molecule has 0 aromatic rings. The molecule has 4 aliphatic rings. The Morgan fingerprint density at radius 2 is 1.66 bits per heavy atom. The molecule has 4 bridgehead atoms. The minimum Gasteiger partial charge on any atom is -0.457 e. The molecule has 13 heteroatoms. The van der Waals surface area contributed by atoms with Crippen LogP contribution in [0.4, 0.5) is 17.6 Å². The van der Waals surface area contributed by atoms with E-state index in [1.54, 1.807) is 0 Å². The van der Waals surface area contributed by atoms with E-state index in [0.717, 1.165) is 12.8 Å². The molecule has 4 fully saturated rings. The number of aliphatic hydroxyl groups excluding tert-OH is 1. The molecule has 0 amide bonds. The number of carbonyl (C=O) groups excluding carboxylic acids is 1. The lowest BCUT2D eigenvalue weighted by Gasteiger charge is -2.58. The van der Waals surface area contributed by atoms with Crippen molar-refractivity contribution < 1.29 is 55.0 Å². The second-order valence-electron chi connectivity index (χ2n) is 8.60. The van der Waals surface area contributed by atoms with Crippen LogP contribution in [0.15, 0.2) is 0 Å². The van der Waals surface area contributed by atoms with Crippen molar-refractivity contribution in [2.24, 2.45) is 17.8 Å². The van der Waals surface area contributed by atoms with E-state index in [2.05, 4.69) is 4.74 Å². The molecule has 3 N–H and O–H groups in total. The van der Waals surface area contributed by atoms with Crippen LogP contribution in [-0.2, 0) is 24.4 Å². The summed E-state index contributed by atoms with van der Waals surface area (Å²) in [6.07, 6.45) is -3.55. The lowest BCUT2D eigenvalue weighted by atomic mass is 9.53. The Kier molecular flexibility index (Phi) is 5.27. The first-order valence-corrected chi connectivity index (χ1v) is 10.4. The van der Waals surface area contributed by atoms with E-state index in [-0.39, 0.29) is 17.8 Å². The maximum Gasteiger partial charge on any atom is 0.459 e. The summed E-state index contributed by atoms with van der Waals surface area (Å²) in [6.45, 7) is -1.01. The Labute approximate surface area is 163 Å². The molecule has 4 rings (SSSR count). The van der Waals surface area contributed by atoms with Crippen molar-refractivity contribution in [1.29, 1.82) is 0 Å². The van der Waals surface area contributed by atoms with Gasteiger partial charge in [-0.2, -0.15) is 26.0 Å². The largest absolute Gasteiger partial charge is 0.459 e. The van der Waals surface area contributed by atoms with Crippen LogP contribution in [0.3, 0.4) is 0 Å². The van der Waals surface area contributed by atoms with Gasteiger partial charge >= 0.3 is 27.5 Å². The Morgan fingerprint density at radius 1 is 1.14 bits per heavy atom. The Bertz CT molecular complexity index is 768. The summed E-state index contributed by atoms with van der Waals surface area (Å²) in [4.78, 5) is 12.4. The highest BCUT2D eigenvalue weighted by molar-refractivity contribution is 7.86. The number of halogens is 4. The molecular weight excluding hydrogens is 428 g/mol. The molecule has 0 heterocycles. The first kappa shape index (κ1) is 22.7. The fraction of sp³-hybridized carbons (Fsp3) is 0.938. The minimum atomic E-state index is -6.52. The number of alkyl halides is 4. The highest BCUT2D eigenvalue weighted by Crippen LogP contribution is 2.57. The molecule has 0 aromatic carbocycles. The van der Waals surface area contributed by atoms with Gasteiger partial charge in [0.25, 0.3) is 0 Å². The normalized spacial score (nSPS) is 36.7. The van der Waals surface area contributed by atoms with Gasteiger partial charge in [0.05, 0.1) is 12.7 Å². The Hall–Kier alpha value is -1.02. The summed E-state index contributed by atoms with van der Waals surface area (Å²) in [5, 5.41) is 14.4. The zero-order chi connectivity index (χ0) is 22.0. The monoisotopic (exact) mass is 450 g/mol. The van der Waals surface area contributed by atoms with E-state index in [0.29, 0.717) is 26.2 Å². The van der Waals surface area contributed by atoms with Crippen LogP contribution in [0, 0.1) is 17.8 Å². The summed E-state index contributed by atoms with van der Waals surface area (Å²) in [6, 6.07) is 0. The van der Waals surface area contributed by atoms with Crippen molar-refractivity contribution in [3.63, 3.8) is 0 Å². The highest BCUT2D eigenvalue weighted by Gasteiger charge is 2.68. The first-order valence-electron chi connectivity index (χ1n) is 9.00. The zero-order valence-electron chi connectivity index (χ0n) is 15.4. The van der Waals surface area contributed by atoms with Gasteiger partial charge in [-0.05, 0) is 56.8 Å². The van der Waals surface area contributed by atoms with E-state index in [4.69, 9.17) is 9.29 Å². The molecule has 29 heavy (non-hydrogen) atoms. The summed E-state index contributed by atoms with van der Waals surface area (Å²) in [5.74, 6) is -1.36. The third-order valence-corrected chi connectivity index (χ3v) is 7.00. The molecule has 4 aliphatic carbocycles. The van der Waals surface area contributed by atoms with Crippen molar-refractivity contribution in [2.45, 2.75) is 67.7 Å². The molecule has 0 saturated heterocycles. The summed E-state index contributed by atoms with van der Waals surface area (Å²) < 4.78 is 91.4. The van der Waals surface area contributed by atoms with Crippen molar-refractivity contribution in [1.82, 2.24) is 0 Å². The van der Waals surface area contributed by atoms with E-state index >= 15 is 0 Å². The van der Waals surface area contributed by atoms with Gasteiger partial charge < -0.3 is 19.7 Å². The number of hydrogen-bond donors (Lipinski definition) is 3. The Balaban J connectivity index is 1.67. The maximum absolute atomic E-state index is 13.4. The van der Waals surface area contributed by atoms with Crippen LogP contribution in [-0.4, -0.2) is 64.4 Å². The van der Waals surface area contributed by atoms with E-state index in [1.807, 2.05) is 0 Å². The molecule has 3 atom stereocenters. The lowest BCUT2D eigenvalue weighted by Crippen LogP contribution is -2.60. The predicted octanol–water partition coefficient (Wildman–Crippen LogP) is 1.31. The number of ether oxygens (including phenoxy) is 2. The van der Waals surface area contributed by atoms with Gasteiger partial charge in [0.2, 0.25) is 0 Å². The maximum atomic E-state index is 13.4. The molecule has 0 aromatic heterocycles. The van der Waals surface area contributed by atoms with Gasteiger partial charge in [-0.3, -0.25) is 4.55 Å². The van der Waals surface area contributed by atoms with Gasteiger partial charge in [0, 0.05) is 0 Å². The third kappa shape index (κ3) is 3.87. The SMILES string of the molecule is CC(O)(COC(F)(F)C(F)(F)S(=O)(=O)O)C(=O)OC12CC3CC(C1)C(O)C(C3)C2. The molecule has 4 saturated carbocycles. The fourth-order valence-corrected chi connectivity index (χ4v) is 5.24. The fourth-order valence-electron chi connectivity index (χ4n) is 4.88. The average molecular weight is 450 g/mol. The molecule has 3 unspecified atom stereocenters. The first-order chi connectivity index (χ1) is 13.0. The molecule has 0 aliphatic heterocycles. The van der Waals surface area contributed by atoms with E-state index in [9.17, 15) is 41.0 Å². The van der Waals surface area contributed by atoms with Gasteiger partial charge in [0.15, 0.2) is 5.60 Å². The second-order valence-corrected chi connectivity index (χ2v) is 10.1. The summed E-state index contributed by atoms with van der Waals surface area (Å²) >= 11 is 0. The Morgan fingerprint density at radius 3 is 2.14 bits per heavy atom. The molecule has 8 nitrogen and oxygen atoms in total. The van der Waals surface area contributed by atoms with E-state index < -0.39 is 51.4 Å². The van der Waals surface area contributed by atoms with E-state index in [1.165, 1.54) is 0 Å². The zero-order valence-corrected chi connectivity index (χ0v) is 16.2. The standard InChI is InChI=1S/C16H22F4O8S/c1-13(23,7-27-15(17,18)16(19,20)29(24,25)26)12(22)28-14-4-8-2-9(5-14)11(21)10(3-8)6-14/h8-11,21,23H,2-7H2,1H3,(H,24,25,26). The van der Waals surface area contributed by atoms with Crippen LogP contribution in [0.25, 0.3) is 0 Å². The van der Waals surface area contributed by atoms with Gasteiger partial charge in [-0.15, -0.1) is 0 Å².